The highest BCUT2D eigenvalue weighted by Crippen LogP contribution is 2.32. The molecule has 8 nitrogen and oxygen atoms in total. The van der Waals surface area contributed by atoms with Gasteiger partial charge in [0.15, 0.2) is 5.82 Å². The summed E-state index contributed by atoms with van der Waals surface area (Å²) in [5, 5.41) is 25.1. The summed E-state index contributed by atoms with van der Waals surface area (Å²) in [7, 11) is -1.16. The number of ether oxygens (including phenoxy) is 1. The fourth-order valence-electron chi connectivity index (χ4n) is 3.27. The molecule has 2 aliphatic heterocycles. The highest BCUT2D eigenvalue weighted by atomic mass is 19.1. The maximum absolute atomic E-state index is 14.3. The van der Waals surface area contributed by atoms with Gasteiger partial charge in [-0.3, -0.25) is 0 Å². The number of anilines is 3. The zero-order valence-corrected chi connectivity index (χ0v) is 15.7. The third-order valence-corrected chi connectivity index (χ3v) is 4.82. The number of hydrogen-bond acceptors (Lipinski definition) is 8. The van der Waals surface area contributed by atoms with E-state index in [9.17, 15) is 14.7 Å². The molecule has 0 saturated carbocycles. The van der Waals surface area contributed by atoms with Crippen LogP contribution in [-0.2, 0) is 4.74 Å². The monoisotopic (exact) mass is 395 g/mol. The number of fused-ring (bicyclic) bond motifs is 1. The van der Waals surface area contributed by atoms with Gasteiger partial charge in [0.2, 0.25) is 5.95 Å². The Morgan fingerprint density at radius 2 is 2.28 bits per heavy atom. The first-order valence-corrected chi connectivity index (χ1v) is 9.24. The van der Waals surface area contributed by atoms with Crippen molar-refractivity contribution >= 4 is 30.6 Å². The molecule has 2 aromatic rings. The predicted molar refractivity (Wildman–Crippen MR) is 106 cm³/mol. The molecule has 1 saturated heterocycles. The van der Waals surface area contributed by atoms with Gasteiger partial charge < -0.3 is 25.0 Å². The highest BCUT2D eigenvalue weighted by Gasteiger charge is 2.26. The molecule has 2 atom stereocenters. The molecule has 1 fully saturated rings. The van der Waals surface area contributed by atoms with Crippen molar-refractivity contribution in [2.45, 2.75) is 19.4 Å². The largest absolute Gasteiger partial charge is 0.552 e. The highest BCUT2D eigenvalue weighted by molar-refractivity contribution is 6.51. The number of nitrogens with zero attached hydrogens (tertiary/aromatic N) is 3. The van der Waals surface area contributed by atoms with Crippen LogP contribution < -0.4 is 15.3 Å². The van der Waals surface area contributed by atoms with Crippen molar-refractivity contribution < 1.29 is 18.8 Å². The summed E-state index contributed by atoms with van der Waals surface area (Å²) in [6.45, 7) is 2.87. The molecule has 2 aliphatic rings. The second-order valence-electron chi connectivity index (χ2n) is 6.94. The lowest BCUT2D eigenvalue weighted by molar-refractivity contribution is 0.0698. The average molecular weight is 395 g/mol. The van der Waals surface area contributed by atoms with Crippen LogP contribution >= 0.6 is 0 Å². The van der Waals surface area contributed by atoms with E-state index in [2.05, 4.69) is 26.7 Å². The lowest BCUT2D eigenvalue weighted by atomic mass is 9.86. The summed E-state index contributed by atoms with van der Waals surface area (Å²) in [5.74, 6) is 1.53. The Morgan fingerprint density at radius 1 is 1.41 bits per heavy atom. The van der Waals surface area contributed by atoms with E-state index >= 15 is 0 Å². The Kier molecular flexibility index (Phi) is 5.33. The van der Waals surface area contributed by atoms with Gasteiger partial charge >= 0.3 is 7.12 Å². The van der Waals surface area contributed by atoms with E-state index < -0.39 is 12.9 Å². The lowest BCUT2D eigenvalue weighted by Crippen LogP contribution is -2.38. The van der Waals surface area contributed by atoms with Gasteiger partial charge in [-0.15, -0.1) is 0 Å². The molecule has 1 unspecified atom stereocenters. The molecule has 3 heterocycles. The van der Waals surface area contributed by atoms with E-state index in [1.54, 1.807) is 18.3 Å². The van der Waals surface area contributed by atoms with Gasteiger partial charge in [0.05, 0.1) is 24.6 Å². The van der Waals surface area contributed by atoms with Gasteiger partial charge in [-0.2, -0.15) is 10.2 Å². The Balaban J connectivity index is 1.55. The lowest BCUT2D eigenvalue weighted by Gasteiger charge is -2.28. The number of halogens is 1. The van der Waals surface area contributed by atoms with Crippen molar-refractivity contribution in [2.24, 2.45) is 5.92 Å². The van der Waals surface area contributed by atoms with Crippen molar-refractivity contribution in [2.75, 3.05) is 23.8 Å². The van der Waals surface area contributed by atoms with Crippen LogP contribution in [0.25, 0.3) is 6.08 Å². The van der Waals surface area contributed by atoms with Crippen LogP contribution in [0.3, 0.4) is 0 Å². The summed E-state index contributed by atoms with van der Waals surface area (Å²) in [6, 6.07) is 5.08. The van der Waals surface area contributed by atoms with Gasteiger partial charge in [0.1, 0.15) is 11.6 Å². The maximum Gasteiger partial charge on any atom is 0.552 e. The summed E-state index contributed by atoms with van der Waals surface area (Å²) in [6.07, 6.45) is 3.91. The first-order valence-electron chi connectivity index (χ1n) is 9.24. The van der Waals surface area contributed by atoms with Crippen LogP contribution in [0, 0.1) is 30.0 Å². The van der Waals surface area contributed by atoms with Crippen LogP contribution in [0.2, 0.25) is 0 Å². The number of aromatic nitrogens is 2. The van der Waals surface area contributed by atoms with Gasteiger partial charge in [0, 0.05) is 35.7 Å². The molecule has 10 heteroatoms. The Morgan fingerprint density at radius 3 is 3.10 bits per heavy atom. The van der Waals surface area contributed by atoms with E-state index in [-0.39, 0.29) is 23.7 Å². The Bertz CT molecular complexity index is 997. The maximum atomic E-state index is 14.3. The molecule has 148 valence electrons. The summed E-state index contributed by atoms with van der Waals surface area (Å²) in [5.41, 5.74) is 1.76. The molecule has 29 heavy (non-hydrogen) atoms. The fourth-order valence-corrected chi connectivity index (χ4v) is 3.27. The number of rotatable bonds is 4. The molecule has 0 bridgehead atoms. The van der Waals surface area contributed by atoms with Crippen LogP contribution in [0.1, 0.15) is 17.5 Å². The Labute approximate surface area is 167 Å². The molecule has 0 aliphatic carbocycles. The first kappa shape index (κ1) is 19.2. The van der Waals surface area contributed by atoms with Crippen molar-refractivity contribution in [3.8, 4) is 11.8 Å². The van der Waals surface area contributed by atoms with Crippen LogP contribution in [0.5, 0.6) is 5.75 Å². The minimum Gasteiger partial charge on any atom is -0.530 e. The average Bonchev–Trinajstić information content (AvgIpc) is 2.71. The molecule has 3 N–H and O–H groups in total. The van der Waals surface area contributed by atoms with Crippen molar-refractivity contribution in [3.05, 3.63) is 41.2 Å². The molecule has 0 amide bonds. The number of aryl methyl sites for hydroxylation is 1. The van der Waals surface area contributed by atoms with Crippen molar-refractivity contribution in [1.82, 2.24) is 9.97 Å². The normalized spacial score (nSPS) is 20.4. The summed E-state index contributed by atoms with van der Waals surface area (Å²) < 4.78 is 24.9. The molecule has 1 aromatic heterocycles. The van der Waals surface area contributed by atoms with E-state index in [0.29, 0.717) is 36.7 Å². The van der Waals surface area contributed by atoms with Crippen LogP contribution in [0.4, 0.5) is 21.8 Å². The molecule has 0 spiro atoms. The van der Waals surface area contributed by atoms with Gasteiger partial charge in [-0.25, -0.2) is 9.37 Å². The fraction of sp³-hybridized carbons (Fsp3) is 0.316. The zero-order valence-electron chi connectivity index (χ0n) is 15.7. The van der Waals surface area contributed by atoms with Crippen molar-refractivity contribution in [3.63, 3.8) is 0 Å². The Hall–Kier alpha value is -3.16. The first-order chi connectivity index (χ1) is 14.0. The second kappa shape index (κ2) is 8.07. The molecular weight excluding hydrogens is 376 g/mol. The summed E-state index contributed by atoms with van der Waals surface area (Å²) in [4.78, 5) is 8.72. The van der Waals surface area contributed by atoms with Crippen molar-refractivity contribution in [1.29, 1.82) is 5.26 Å². The number of nitrogens with one attached hydrogen (secondary N) is 2. The number of hydrogen-bond donors (Lipinski definition) is 3. The van der Waals surface area contributed by atoms with Gasteiger partial charge in [-0.1, -0.05) is 6.08 Å². The summed E-state index contributed by atoms with van der Waals surface area (Å²) >= 11 is 0. The minimum atomic E-state index is -1.16. The molecule has 1 aromatic carbocycles. The third kappa shape index (κ3) is 4.16. The predicted octanol–water partition coefficient (Wildman–Crippen LogP) is 2.43. The molecule has 0 radical (unpaired) electrons. The standard InChI is InChI=1S/C19H19BFN5O3/c1-11-9-23-19(26-18(11)25-16-10-28-5-3-13(16)8-22)24-14-6-12-2-4-20(27)29-17(12)15(21)7-14/h2,4,6-7,9,13,16,27H,3,5,10H2,1H3,(H2,23,24,25,26)/t13-,16?/m1/s1. The van der Waals surface area contributed by atoms with E-state index in [1.807, 2.05) is 6.92 Å². The van der Waals surface area contributed by atoms with E-state index in [4.69, 9.17) is 9.39 Å². The van der Waals surface area contributed by atoms with Crippen LogP contribution in [0.15, 0.2) is 24.3 Å². The molecule has 4 rings (SSSR count). The zero-order chi connectivity index (χ0) is 20.4. The quantitative estimate of drug-likeness (QED) is 0.677. The SMILES string of the molecule is Cc1cnc(Nc2cc(F)c3c(c2)C=CB(O)O3)nc1NC1COCC[C@@H]1C#N. The van der Waals surface area contributed by atoms with E-state index in [1.165, 1.54) is 12.0 Å². The van der Waals surface area contributed by atoms with Gasteiger partial charge in [-0.05, 0) is 25.4 Å². The third-order valence-electron chi connectivity index (χ3n) is 4.82. The second-order valence-corrected chi connectivity index (χ2v) is 6.94. The number of nitriles is 1. The number of benzene rings is 1. The smallest absolute Gasteiger partial charge is 0.530 e. The minimum absolute atomic E-state index is 0.00225. The topological polar surface area (TPSA) is 112 Å². The van der Waals surface area contributed by atoms with E-state index in [0.717, 1.165) is 5.56 Å². The van der Waals surface area contributed by atoms with Crippen LogP contribution in [-0.4, -0.2) is 41.4 Å². The van der Waals surface area contributed by atoms with Gasteiger partial charge in [0.25, 0.3) is 0 Å². The molecular formula is C19H19BFN5O3.